The average Bonchev–Trinajstić information content (AvgIpc) is 3.13. The number of nitrogens with zero attached hydrogens (tertiary/aromatic N) is 1. The van der Waals surface area contributed by atoms with Gasteiger partial charge in [0.1, 0.15) is 23.2 Å². The molecule has 0 N–H and O–H groups in total. The molecular formula is C26H35NO4. The predicted molar refractivity (Wildman–Crippen MR) is 123 cm³/mol. The Bertz CT molecular complexity index is 831. The Morgan fingerprint density at radius 1 is 1.06 bits per heavy atom. The van der Waals surface area contributed by atoms with Gasteiger partial charge in [0.15, 0.2) is 0 Å². The van der Waals surface area contributed by atoms with Crippen molar-refractivity contribution in [2.24, 2.45) is 0 Å². The van der Waals surface area contributed by atoms with Gasteiger partial charge in [-0.3, -0.25) is 0 Å². The Morgan fingerprint density at radius 2 is 1.77 bits per heavy atom. The van der Waals surface area contributed by atoms with Crippen LogP contribution in [0.4, 0.5) is 4.79 Å². The van der Waals surface area contributed by atoms with Crippen molar-refractivity contribution in [3.8, 4) is 11.5 Å². The van der Waals surface area contributed by atoms with Gasteiger partial charge in [0, 0.05) is 12.5 Å². The van der Waals surface area contributed by atoms with Crippen LogP contribution >= 0.6 is 0 Å². The zero-order valence-electron chi connectivity index (χ0n) is 19.2. The van der Waals surface area contributed by atoms with Crippen LogP contribution in [0.3, 0.4) is 0 Å². The number of hydrogen-bond donors (Lipinski definition) is 0. The quantitative estimate of drug-likeness (QED) is 0.497. The van der Waals surface area contributed by atoms with Crippen LogP contribution in [0.2, 0.25) is 0 Å². The van der Waals surface area contributed by atoms with Gasteiger partial charge in [-0.25, -0.2) is 4.79 Å². The van der Waals surface area contributed by atoms with E-state index in [4.69, 9.17) is 14.2 Å². The fourth-order valence-electron chi connectivity index (χ4n) is 3.91. The molecule has 5 heteroatoms. The average molecular weight is 426 g/mol. The van der Waals surface area contributed by atoms with Crippen molar-refractivity contribution in [1.29, 1.82) is 0 Å². The van der Waals surface area contributed by atoms with E-state index < -0.39 is 5.60 Å². The predicted octanol–water partition coefficient (Wildman–Crippen LogP) is 5.87. The second-order valence-corrected chi connectivity index (χ2v) is 9.03. The first-order chi connectivity index (χ1) is 14.9. The third-order valence-corrected chi connectivity index (χ3v) is 5.34. The lowest BCUT2D eigenvalue weighted by atomic mass is 10.1. The lowest BCUT2D eigenvalue weighted by Crippen LogP contribution is -2.40. The summed E-state index contributed by atoms with van der Waals surface area (Å²) >= 11 is 0. The molecule has 0 saturated carbocycles. The minimum atomic E-state index is -0.521. The van der Waals surface area contributed by atoms with Crippen LogP contribution in [-0.4, -0.2) is 41.9 Å². The summed E-state index contributed by atoms with van der Waals surface area (Å²) in [6.07, 6.45) is 3.14. The first-order valence-electron chi connectivity index (χ1n) is 11.3. The van der Waals surface area contributed by atoms with E-state index in [2.05, 4.69) is 13.0 Å². The van der Waals surface area contributed by atoms with Crippen LogP contribution in [-0.2, 0) is 11.2 Å². The first kappa shape index (κ1) is 23.0. The number of ether oxygens (including phenoxy) is 3. The maximum Gasteiger partial charge on any atom is 0.410 e. The molecule has 0 aliphatic carbocycles. The van der Waals surface area contributed by atoms with Gasteiger partial charge in [0.2, 0.25) is 0 Å². The van der Waals surface area contributed by atoms with Gasteiger partial charge < -0.3 is 19.1 Å². The highest BCUT2D eigenvalue weighted by Crippen LogP contribution is 2.28. The molecule has 0 unspecified atom stereocenters. The van der Waals surface area contributed by atoms with Crippen LogP contribution in [0.1, 0.15) is 52.5 Å². The Kier molecular flexibility index (Phi) is 7.83. The summed E-state index contributed by atoms with van der Waals surface area (Å²) < 4.78 is 17.8. The van der Waals surface area contributed by atoms with Gasteiger partial charge in [-0.1, -0.05) is 43.3 Å². The standard InChI is InChI=1S/C26H35NO4/c1-5-20-12-9-10-16-24(20)29-17-11-13-21-18-23(30-22-14-7-6-8-15-22)19-27(21)25(28)31-26(2,3)4/h6-10,12,14-16,21,23H,5,11,13,17-19H2,1-4H3/t21-,23+/m1/s1. The fraction of sp³-hybridized carbons (Fsp3) is 0.500. The van der Waals surface area contributed by atoms with Crippen molar-refractivity contribution in [3.05, 3.63) is 60.2 Å². The second-order valence-electron chi connectivity index (χ2n) is 9.03. The summed E-state index contributed by atoms with van der Waals surface area (Å²) in [5, 5.41) is 0. The molecule has 5 nitrogen and oxygen atoms in total. The number of rotatable bonds is 8. The maximum absolute atomic E-state index is 12.8. The van der Waals surface area contributed by atoms with Crippen molar-refractivity contribution in [1.82, 2.24) is 4.90 Å². The lowest BCUT2D eigenvalue weighted by molar-refractivity contribution is 0.0203. The molecule has 1 heterocycles. The van der Waals surface area contributed by atoms with E-state index in [9.17, 15) is 4.79 Å². The van der Waals surface area contributed by atoms with E-state index in [1.807, 2.05) is 74.2 Å². The van der Waals surface area contributed by atoms with E-state index in [1.165, 1.54) is 5.56 Å². The Morgan fingerprint density at radius 3 is 2.48 bits per heavy atom. The Hall–Kier alpha value is -2.69. The zero-order valence-corrected chi connectivity index (χ0v) is 19.2. The molecule has 3 rings (SSSR count). The number of para-hydroxylation sites is 2. The van der Waals surface area contributed by atoms with Crippen LogP contribution in [0, 0.1) is 0 Å². The summed E-state index contributed by atoms with van der Waals surface area (Å²) in [4.78, 5) is 14.7. The highest BCUT2D eigenvalue weighted by atomic mass is 16.6. The molecule has 1 aliphatic heterocycles. The van der Waals surface area contributed by atoms with Crippen molar-refractivity contribution < 1.29 is 19.0 Å². The van der Waals surface area contributed by atoms with Gasteiger partial charge in [0.05, 0.1) is 13.2 Å². The van der Waals surface area contributed by atoms with Crippen LogP contribution in [0.15, 0.2) is 54.6 Å². The molecule has 1 amide bonds. The molecule has 2 atom stereocenters. The van der Waals surface area contributed by atoms with Gasteiger partial charge in [-0.15, -0.1) is 0 Å². The largest absolute Gasteiger partial charge is 0.493 e. The van der Waals surface area contributed by atoms with Gasteiger partial charge in [-0.05, 0) is 63.8 Å². The minimum Gasteiger partial charge on any atom is -0.493 e. The number of likely N-dealkylation sites (tertiary alicyclic amines) is 1. The van der Waals surface area contributed by atoms with E-state index in [-0.39, 0.29) is 18.2 Å². The van der Waals surface area contributed by atoms with Gasteiger partial charge in [0.25, 0.3) is 0 Å². The number of amides is 1. The third kappa shape index (κ3) is 6.91. The number of carbonyl (C=O) groups is 1. The summed E-state index contributed by atoms with van der Waals surface area (Å²) in [5.41, 5.74) is 0.697. The second kappa shape index (κ2) is 10.6. The van der Waals surface area contributed by atoms with E-state index in [0.29, 0.717) is 13.2 Å². The number of carbonyl (C=O) groups excluding carboxylic acids is 1. The number of benzene rings is 2. The molecular weight excluding hydrogens is 390 g/mol. The third-order valence-electron chi connectivity index (χ3n) is 5.34. The SMILES string of the molecule is CCc1ccccc1OCCC[C@@H]1C[C@H](Oc2ccccc2)CN1C(=O)OC(C)(C)C. The Balaban J connectivity index is 1.58. The monoisotopic (exact) mass is 425 g/mol. The topological polar surface area (TPSA) is 48.0 Å². The van der Waals surface area contributed by atoms with Crippen molar-refractivity contribution >= 4 is 6.09 Å². The zero-order chi connectivity index (χ0) is 22.3. The summed E-state index contributed by atoms with van der Waals surface area (Å²) in [6, 6.07) is 18.0. The first-order valence-corrected chi connectivity index (χ1v) is 11.3. The normalized spacial score (nSPS) is 18.6. The fourth-order valence-corrected chi connectivity index (χ4v) is 3.91. The minimum absolute atomic E-state index is 0.0401. The molecule has 0 bridgehead atoms. The van der Waals surface area contributed by atoms with E-state index >= 15 is 0 Å². The van der Waals surface area contributed by atoms with Crippen molar-refractivity contribution in [2.45, 2.75) is 71.1 Å². The van der Waals surface area contributed by atoms with Crippen LogP contribution in [0.25, 0.3) is 0 Å². The number of aryl methyl sites for hydroxylation is 1. The summed E-state index contributed by atoms with van der Waals surface area (Å²) in [6.45, 7) is 8.98. The van der Waals surface area contributed by atoms with Crippen LogP contribution in [0.5, 0.6) is 11.5 Å². The maximum atomic E-state index is 12.8. The van der Waals surface area contributed by atoms with Gasteiger partial charge in [-0.2, -0.15) is 0 Å². The van der Waals surface area contributed by atoms with Crippen molar-refractivity contribution in [2.75, 3.05) is 13.2 Å². The molecule has 2 aromatic rings. The van der Waals surface area contributed by atoms with E-state index in [1.54, 1.807) is 0 Å². The highest BCUT2D eigenvalue weighted by Gasteiger charge is 2.38. The molecule has 2 aromatic carbocycles. The summed E-state index contributed by atoms with van der Waals surface area (Å²) in [5.74, 6) is 1.78. The molecule has 31 heavy (non-hydrogen) atoms. The lowest BCUT2D eigenvalue weighted by Gasteiger charge is -2.28. The molecule has 168 valence electrons. The molecule has 0 radical (unpaired) electrons. The Labute approximate surface area is 186 Å². The summed E-state index contributed by atoms with van der Waals surface area (Å²) in [7, 11) is 0. The molecule has 1 aliphatic rings. The van der Waals surface area contributed by atoms with Crippen LogP contribution < -0.4 is 9.47 Å². The highest BCUT2D eigenvalue weighted by molar-refractivity contribution is 5.69. The van der Waals surface area contributed by atoms with Crippen molar-refractivity contribution in [3.63, 3.8) is 0 Å². The van der Waals surface area contributed by atoms with Gasteiger partial charge >= 0.3 is 6.09 Å². The van der Waals surface area contributed by atoms with E-state index in [0.717, 1.165) is 37.2 Å². The molecule has 0 aromatic heterocycles. The molecule has 0 spiro atoms. The molecule has 1 saturated heterocycles. The smallest absolute Gasteiger partial charge is 0.410 e. The molecule has 1 fully saturated rings. The number of hydrogen-bond acceptors (Lipinski definition) is 4.